The van der Waals surface area contributed by atoms with Gasteiger partial charge in [-0.25, -0.2) is 4.68 Å². The van der Waals surface area contributed by atoms with Crippen molar-refractivity contribution in [1.29, 1.82) is 0 Å². The van der Waals surface area contributed by atoms with Crippen molar-refractivity contribution in [3.63, 3.8) is 0 Å². The van der Waals surface area contributed by atoms with Crippen LogP contribution in [-0.2, 0) is 0 Å². The number of allylic oxidation sites excluding steroid dienone is 1. The molecule has 0 radical (unpaired) electrons. The van der Waals surface area contributed by atoms with Crippen LogP contribution in [0.2, 0.25) is 0 Å². The maximum atomic E-state index is 12.6. The van der Waals surface area contributed by atoms with Crippen molar-refractivity contribution in [2.75, 3.05) is 10.6 Å². The van der Waals surface area contributed by atoms with Crippen LogP contribution in [0.15, 0.2) is 91.0 Å². The smallest absolute Gasteiger partial charge is 0.258 e. The minimum Gasteiger partial charge on any atom is -0.324 e. The van der Waals surface area contributed by atoms with Gasteiger partial charge in [-0.15, -0.1) is 5.10 Å². The predicted molar refractivity (Wildman–Crippen MR) is 122 cm³/mol. The zero-order valence-electron chi connectivity index (χ0n) is 17.0. The molecule has 1 aliphatic rings. The average Bonchev–Trinajstić information content (AvgIpc) is 3.22. The summed E-state index contributed by atoms with van der Waals surface area (Å²) in [5.41, 5.74) is 4.75. The largest absolute Gasteiger partial charge is 0.324 e. The number of fused-ring (bicyclic) bond motifs is 1. The Morgan fingerprint density at radius 1 is 0.935 bits per heavy atom. The number of nitrogens with one attached hydrogen (secondary N) is 2. The lowest BCUT2D eigenvalue weighted by atomic mass is 10.0. The standard InChI is InChI=1S/C25H21N5O/c1-17-12-14-20(15-13-17)23(31)27-24-28-25-26-21(18-8-4-2-5-9-18)16-22(30(25)29-24)19-10-6-3-7-11-19/h2-16,22H,1H3,(H2,26,27,28,29,31)/t22-/m1/s1. The Morgan fingerprint density at radius 2 is 1.61 bits per heavy atom. The number of nitrogens with zero attached hydrogens (tertiary/aromatic N) is 3. The van der Waals surface area contributed by atoms with E-state index >= 15 is 0 Å². The van der Waals surface area contributed by atoms with Gasteiger partial charge in [0, 0.05) is 11.3 Å². The molecule has 4 aromatic rings. The second-order valence-corrected chi connectivity index (χ2v) is 7.45. The van der Waals surface area contributed by atoms with E-state index in [4.69, 9.17) is 0 Å². The maximum Gasteiger partial charge on any atom is 0.258 e. The number of hydrogen-bond acceptors (Lipinski definition) is 4. The first-order chi connectivity index (χ1) is 15.2. The molecule has 0 spiro atoms. The average molecular weight is 407 g/mol. The minimum absolute atomic E-state index is 0.148. The first kappa shape index (κ1) is 18.8. The van der Waals surface area contributed by atoms with E-state index in [1.807, 2.05) is 67.6 Å². The van der Waals surface area contributed by atoms with E-state index in [0.717, 1.165) is 22.4 Å². The molecule has 31 heavy (non-hydrogen) atoms. The summed E-state index contributed by atoms with van der Waals surface area (Å²) in [7, 11) is 0. The summed E-state index contributed by atoms with van der Waals surface area (Å²) in [5.74, 6) is 0.599. The fourth-order valence-corrected chi connectivity index (χ4v) is 3.60. The van der Waals surface area contributed by atoms with E-state index in [1.54, 1.807) is 16.8 Å². The second-order valence-electron chi connectivity index (χ2n) is 7.45. The summed E-state index contributed by atoms with van der Waals surface area (Å²) in [5, 5.41) is 10.8. The quantitative estimate of drug-likeness (QED) is 0.505. The molecule has 0 unspecified atom stereocenters. The Morgan fingerprint density at radius 3 is 2.32 bits per heavy atom. The third-order valence-electron chi connectivity index (χ3n) is 5.23. The van der Waals surface area contributed by atoms with Gasteiger partial charge >= 0.3 is 0 Å². The predicted octanol–water partition coefficient (Wildman–Crippen LogP) is 4.89. The number of amides is 1. The third-order valence-corrected chi connectivity index (χ3v) is 5.23. The van der Waals surface area contributed by atoms with Crippen LogP contribution in [0.4, 0.5) is 11.9 Å². The van der Waals surface area contributed by atoms with Gasteiger partial charge in [-0.1, -0.05) is 78.4 Å². The van der Waals surface area contributed by atoms with Crippen LogP contribution in [-0.4, -0.2) is 20.7 Å². The number of anilines is 2. The molecule has 2 N–H and O–H groups in total. The van der Waals surface area contributed by atoms with Crippen LogP contribution in [0.3, 0.4) is 0 Å². The Hall–Kier alpha value is -4.19. The van der Waals surface area contributed by atoms with Crippen molar-refractivity contribution >= 4 is 23.5 Å². The molecule has 0 fully saturated rings. The summed E-state index contributed by atoms with van der Waals surface area (Å²) in [4.78, 5) is 17.2. The van der Waals surface area contributed by atoms with Gasteiger partial charge in [-0.2, -0.15) is 4.98 Å². The van der Waals surface area contributed by atoms with E-state index < -0.39 is 0 Å². The van der Waals surface area contributed by atoms with Crippen molar-refractivity contribution in [3.8, 4) is 0 Å². The van der Waals surface area contributed by atoms with Gasteiger partial charge in [0.25, 0.3) is 11.9 Å². The van der Waals surface area contributed by atoms with E-state index in [0.29, 0.717) is 11.5 Å². The molecule has 0 aliphatic carbocycles. The lowest BCUT2D eigenvalue weighted by Crippen LogP contribution is -2.20. The second kappa shape index (κ2) is 7.91. The topological polar surface area (TPSA) is 71.8 Å². The molecule has 3 aromatic carbocycles. The maximum absolute atomic E-state index is 12.6. The van der Waals surface area contributed by atoms with Crippen molar-refractivity contribution in [2.45, 2.75) is 13.0 Å². The lowest BCUT2D eigenvalue weighted by Gasteiger charge is -2.24. The van der Waals surface area contributed by atoms with Gasteiger partial charge in [0.2, 0.25) is 5.95 Å². The third kappa shape index (κ3) is 3.83. The number of benzene rings is 3. The van der Waals surface area contributed by atoms with Gasteiger partial charge in [-0.05, 0) is 36.3 Å². The molecule has 0 saturated carbocycles. The highest BCUT2D eigenvalue weighted by molar-refractivity contribution is 6.03. The molecule has 1 amide bonds. The molecule has 5 rings (SSSR count). The minimum atomic E-state index is -0.240. The van der Waals surface area contributed by atoms with Gasteiger partial charge in [0.15, 0.2) is 0 Å². The van der Waals surface area contributed by atoms with Gasteiger partial charge in [0.1, 0.15) is 6.04 Å². The summed E-state index contributed by atoms with van der Waals surface area (Å²) in [6.07, 6.45) is 2.12. The summed E-state index contributed by atoms with van der Waals surface area (Å²) >= 11 is 0. The summed E-state index contributed by atoms with van der Waals surface area (Å²) in [6.45, 7) is 1.99. The van der Waals surface area contributed by atoms with Gasteiger partial charge in [0.05, 0.1) is 0 Å². The molecule has 152 valence electrons. The highest BCUT2D eigenvalue weighted by Gasteiger charge is 2.25. The number of carbonyl (C=O) groups is 1. The summed E-state index contributed by atoms with van der Waals surface area (Å²) < 4.78 is 1.80. The number of aromatic nitrogens is 3. The molecule has 0 bridgehead atoms. The molecule has 6 heteroatoms. The first-order valence-corrected chi connectivity index (χ1v) is 10.1. The molecule has 1 aromatic heterocycles. The fraction of sp³-hybridized carbons (Fsp3) is 0.0800. The molecule has 1 aliphatic heterocycles. The molecule has 0 saturated heterocycles. The Kier molecular flexibility index (Phi) is 4.80. The lowest BCUT2D eigenvalue weighted by molar-refractivity contribution is 0.102. The van der Waals surface area contributed by atoms with Crippen molar-refractivity contribution in [3.05, 3.63) is 113 Å². The van der Waals surface area contributed by atoms with Crippen molar-refractivity contribution in [1.82, 2.24) is 14.8 Å². The van der Waals surface area contributed by atoms with Crippen molar-refractivity contribution < 1.29 is 4.79 Å². The first-order valence-electron chi connectivity index (χ1n) is 10.1. The van der Waals surface area contributed by atoms with E-state index in [1.165, 1.54) is 0 Å². The van der Waals surface area contributed by atoms with Gasteiger partial charge in [-0.3, -0.25) is 10.1 Å². The van der Waals surface area contributed by atoms with Crippen LogP contribution in [0.1, 0.15) is 33.1 Å². The Balaban J connectivity index is 1.49. The normalized spacial score (nSPS) is 14.9. The van der Waals surface area contributed by atoms with E-state index in [-0.39, 0.29) is 17.9 Å². The van der Waals surface area contributed by atoms with Gasteiger partial charge < -0.3 is 5.32 Å². The summed E-state index contributed by atoms with van der Waals surface area (Å²) in [6, 6.07) is 27.5. The fourth-order valence-electron chi connectivity index (χ4n) is 3.60. The number of hydrogen-bond donors (Lipinski definition) is 2. The van der Waals surface area contributed by atoms with Crippen LogP contribution >= 0.6 is 0 Å². The van der Waals surface area contributed by atoms with Crippen LogP contribution in [0, 0.1) is 6.92 Å². The van der Waals surface area contributed by atoms with E-state index in [9.17, 15) is 4.79 Å². The van der Waals surface area contributed by atoms with Crippen LogP contribution in [0.25, 0.3) is 5.70 Å². The zero-order chi connectivity index (χ0) is 21.2. The molecule has 6 nitrogen and oxygen atoms in total. The number of rotatable bonds is 4. The van der Waals surface area contributed by atoms with Crippen LogP contribution in [0.5, 0.6) is 0 Å². The highest BCUT2D eigenvalue weighted by Crippen LogP contribution is 2.33. The highest BCUT2D eigenvalue weighted by atomic mass is 16.1. The molecular weight excluding hydrogens is 386 g/mol. The number of aryl methyl sites for hydroxylation is 1. The van der Waals surface area contributed by atoms with E-state index in [2.05, 4.69) is 38.9 Å². The molecule has 2 heterocycles. The number of carbonyl (C=O) groups excluding carboxylic acids is 1. The Labute approximate surface area is 180 Å². The molecular formula is C25H21N5O. The van der Waals surface area contributed by atoms with Crippen molar-refractivity contribution in [2.24, 2.45) is 0 Å². The Bertz CT molecular complexity index is 1240. The molecule has 1 atom stereocenters. The van der Waals surface area contributed by atoms with Crippen LogP contribution < -0.4 is 10.6 Å². The monoisotopic (exact) mass is 407 g/mol. The zero-order valence-corrected chi connectivity index (χ0v) is 17.0. The SMILES string of the molecule is Cc1ccc(C(=O)Nc2nc3n(n2)[C@@H](c2ccccc2)C=C(c2ccccc2)N3)cc1.